The maximum Gasteiger partial charge on any atom is 0.263 e. The minimum atomic E-state index is -0.0212. The van der Waals surface area contributed by atoms with E-state index in [9.17, 15) is 4.79 Å². The van der Waals surface area contributed by atoms with Crippen molar-refractivity contribution < 1.29 is 13.6 Å². The first kappa shape index (κ1) is 21.5. The zero-order valence-electron chi connectivity index (χ0n) is 14.5. The van der Waals surface area contributed by atoms with E-state index < -0.39 is 0 Å². The molecule has 2 aromatic heterocycles. The molecule has 1 fully saturated rings. The Balaban J connectivity index is 0.00000156. The van der Waals surface area contributed by atoms with E-state index >= 15 is 0 Å². The summed E-state index contributed by atoms with van der Waals surface area (Å²) in [7, 11) is 0. The van der Waals surface area contributed by atoms with E-state index in [0.29, 0.717) is 29.6 Å². The van der Waals surface area contributed by atoms with Gasteiger partial charge in [-0.1, -0.05) is 6.92 Å². The molecule has 0 atom stereocenters. The van der Waals surface area contributed by atoms with Crippen LogP contribution in [-0.2, 0) is 11.2 Å². The largest absolute Gasteiger partial charge is 0.459 e. The summed E-state index contributed by atoms with van der Waals surface area (Å²) in [5, 5.41) is 6.39. The second kappa shape index (κ2) is 9.27. The first-order chi connectivity index (χ1) is 11.1. The third-order valence-electron chi connectivity index (χ3n) is 4.48. The summed E-state index contributed by atoms with van der Waals surface area (Å²) in [6.07, 6.45) is 3.96. The topological polar surface area (TPSA) is 80.3 Å². The number of furan rings is 1. The van der Waals surface area contributed by atoms with Gasteiger partial charge in [-0.2, -0.15) is 0 Å². The van der Waals surface area contributed by atoms with E-state index in [0.717, 1.165) is 25.9 Å². The fourth-order valence-electron chi connectivity index (χ4n) is 2.83. The van der Waals surface area contributed by atoms with E-state index in [1.165, 1.54) is 0 Å². The molecular formula is C17H25Cl2N3O3. The number of nitrogens with one attached hydrogen (secondary N) is 2. The van der Waals surface area contributed by atoms with Crippen molar-refractivity contribution in [3.8, 4) is 11.7 Å². The fourth-order valence-corrected chi connectivity index (χ4v) is 2.83. The molecule has 0 saturated carbocycles. The Hall–Kier alpha value is -1.50. The second-order valence-corrected chi connectivity index (χ2v) is 6.51. The number of hydrogen-bond acceptors (Lipinski definition) is 5. The monoisotopic (exact) mass is 389 g/mol. The predicted molar refractivity (Wildman–Crippen MR) is 100 cm³/mol. The van der Waals surface area contributed by atoms with Crippen molar-refractivity contribution in [2.75, 3.05) is 19.6 Å². The third kappa shape index (κ3) is 5.49. The third-order valence-corrected chi connectivity index (χ3v) is 4.48. The van der Waals surface area contributed by atoms with Gasteiger partial charge < -0.3 is 19.5 Å². The average Bonchev–Trinajstić information content (AvgIpc) is 3.17. The molecule has 0 unspecified atom stereocenters. The van der Waals surface area contributed by atoms with Crippen molar-refractivity contribution in [2.45, 2.75) is 33.1 Å². The normalized spacial score (nSPS) is 15.8. The molecule has 0 spiro atoms. The van der Waals surface area contributed by atoms with Crippen molar-refractivity contribution >= 4 is 30.7 Å². The summed E-state index contributed by atoms with van der Waals surface area (Å²) in [5.41, 5.74) is 0.836. The van der Waals surface area contributed by atoms with Crippen LogP contribution in [0, 0.1) is 12.3 Å². The Labute approximate surface area is 160 Å². The van der Waals surface area contributed by atoms with Crippen LogP contribution in [0.15, 0.2) is 27.2 Å². The summed E-state index contributed by atoms with van der Waals surface area (Å²) in [6.45, 7) is 6.78. The lowest BCUT2D eigenvalue weighted by Crippen LogP contribution is -2.43. The molecule has 8 heteroatoms. The number of oxazole rings is 1. The van der Waals surface area contributed by atoms with Gasteiger partial charge in [-0.25, -0.2) is 4.98 Å². The summed E-state index contributed by atoms with van der Waals surface area (Å²) in [4.78, 5) is 16.6. The van der Waals surface area contributed by atoms with Crippen molar-refractivity contribution in [3.63, 3.8) is 0 Å². The Morgan fingerprint density at radius 2 is 2.08 bits per heavy atom. The highest BCUT2D eigenvalue weighted by Gasteiger charge is 2.27. The highest BCUT2D eigenvalue weighted by atomic mass is 35.5. The Morgan fingerprint density at radius 3 is 2.72 bits per heavy atom. The van der Waals surface area contributed by atoms with Gasteiger partial charge in [0.15, 0.2) is 5.76 Å². The quantitative estimate of drug-likeness (QED) is 0.820. The van der Waals surface area contributed by atoms with Crippen LogP contribution < -0.4 is 10.6 Å². The molecule has 140 valence electrons. The summed E-state index contributed by atoms with van der Waals surface area (Å²) < 4.78 is 10.9. The molecule has 1 saturated heterocycles. The Kier molecular flexibility index (Phi) is 7.99. The number of piperidine rings is 1. The SMILES string of the molecule is Cc1oc(-c2ccco2)nc1CC(=O)NCC1(C)CCNCC1.Cl.Cl. The molecule has 0 bridgehead atoms. The summed E-state index contributed by atoms with van der Waals surface area (Å²) in [5.74, 6) is 1.62. The zero-order chi connectivity index (χ0) is 16.3. The molecule has 0 aromatic carbocycles. The molecule has 6 nitrogen and oxygen atoms in total. The van der Waals surface area contributed by atoms with E-state index in [4.69, 9.17) is 8.83 Å². The van der Waals surface area contributed by atoms with Gasteiger partial charge in [-0.05, 0) is 50.4 Å². The number of halogens is 2. The van der Waals surface area contributed by atoms with Crippen LogP contribution in [0.4, 0.5) is 0 Å². The van der Waals surface area contributed by atoms with Crippen LogP contribution in [0.1, 0.15) is 31.2 Å². The number of aryl methyl sites for hydroxylation is 1. The number of carbonyl (C=O) groups is 1. The zero-order valence-corrected chi connectivity index (χ0v) is 16.1. The number of nitrogens with zero attached hydrogens (tertiary/aromatic N) is 1. The van der Waals surface area contributed by atoms with Crippen LogP contribution in [0.25, 0.3) is 11.7 Å². The van der Waals surface area contributed by atoms with Crippen molar-refractivity contribution in [1.29, 1.82) is 0 Å². The molecule has 25 heavy (non-hydrogen) atoms. The number of amides is 1. The summed E-state index contributed by atoms with van der Waals surface area (Å²) >= 11 is 0. The van der Waals surface area contributed by atoms with Gasteiger partial charge in [0.25, 0.3) is 5.89 Å². The number of rotatable bonds is 5. The van der Waals surface area contributed by atoms with E-state index in [2.05, 4.69) is 22.5 Å². The van der Waals surface area contributed by atoms with E-state index in [1.54, 1.807) is 18.4 Å². The molecule has 1 aliphatic heterocycles. The lowest BCUT2D eigenvalue weighted by molar-refractivity contribution is -0.121. The molecule has 3 rings (SSSR count). The smallest absolute Gasteiger partial charge is 0.263 e. The molecule has 2 aromatic rings. The Bertz CT molecular complexity index is 665. The van der Waals surface area contributed by atoms with Gasteiger partial charge in [-0.15, -0.1) is 24.8 Å². The minimum absolute atomic E-state index is 0. The molecule has 0 aliphatic carbocycles. The second-order valence-electron chi connectivity index (χ2n) is 6.51. The van der Waals surface area contributed by atoms with Gasteiger partial charge in [-0.3, -0.25) is 4.79 Å². The van der Waals surface area contributed by atoms with E-state index in [-0.39, 0.29) is 42.6 Å². The summed E-state index contributed by atoms with van der Waals surface area (Å²) in [6, 6.07) is 3.56. The van der Waals surface area contributed by atoms with Gasteiger partial charge in [0, 0.05) is 6.54 Å². The standard InChI is InChI=1S/C17H23N3O3.2ClH/c1-12-13(20-16(23-12)14-4-3-9-22-14)10-15(21)19-11-17(2)5-7-18-8-6-17;;/h3-4,9,18H,5-8,10-11H2,1-2H3,(H,19,21);2*1H. The number of aromatic nitrogens is 1. The maximum atomic E-state index is 12.2. The molecule has 0 radical (unpaired) electrons. The van der Waals surface area contributed by atoms with Gasteiger partial charge in [0.2, 0.25) is 5.91 Å². The van der Waals surface area contributed by atoms with Gasteiger partial charge >= 0.3 is 0 Å². The van der Waals surface area contributed by atoms with Gasteiger partial charge in [0.05, 0.1) is 18.4 Å². The lowest BCUT2D eigenvalue weighted by atomic mass is 9.81. The molecular weight excluding hydrogens is 365 g/mol. The van der Waals surface area contributed by atoms with Crippen molar-refractivity contribution in [2.24, 2.45) is 5.41 Å². The van der Waals surface area contributed by atoms with Crippen LogP contribution >= 0.6 is 24.8 Å². The first-order valence-electron chi connectivity index (χ1n) is 8.03. The van der Waals surface area contributed by atoms with E-state index in [1.807, 2.05) is 6.92 Å². The minimum Gasteiger partial charge on any atom is -0.459 e. The maximum absolute atomic E-state index is 12.2. The van der Waals surface area contributed by atoms with Crippen molar-refractivity contribution in [3.05, 3.63) is 29.9 Å². The Morgan fingerprint density at radius 1 is 1.36 bits per heavy atom. The van der Waals surface area contributed by atoms with Crippen LogP contribution in [0.3, 0.4) is 0 Å². The number of carbonyl (C=O) groups excluding carboxylic acids is 1. The lowest BCUT2D eigenvalue weighted by Gasteiger charge is -2.34. The fraction of sp³-hybridized carbons (Fsp3) is 0.529. The molecule has 2 N–H and O–H groups in total. The van der Waals surface area contributed by atoms with Crippen LogP contribution in [0.2, 0.25) is 0 Å². The van der Waals surface area contributed by atoms with Crippen LogP contribution in [0.5, 0.6) is 0 Å². The highest BCUT2D eigenvalue weighted by Crippen LogP contribution is 2.27. The van der Waals surface area contributed by atoms with Crippen LogP contribution in [-0.4, -0.2) is 30.5 Å². The predicted octanol–water partition coefficient (Wildman–Crippen LogP) is 3.14. The first-order valence-corrected chi connectivity index (χ1v) is 8.03. The molecule has 1 amide bonds. The molecule has 3 heterocycles. The number of hydrogen-bond donors (Lipinski definition) is 2. The van der Waals surface area contributed by atoms with Gasteiger partial charge in [0.1, 0.15) is 5.76 Å². The van der Waals surface area contributed by atoms with Crippen molar-refractivity contribution in [1.82, 2.24) is 15.6 Å². The molecule has 1 aliphatic rings. The average molecular weight is 390 g/mol. The highest BCUT2D eigenvalue weighted by molar-refractivity contribution is 5.85.